The fourth-order valence-corrected chi connectivity index (χ4v) is 1.26. The topological polar surface area (TPSA) is 94.0 Å². The molecule has 6 nitrogen and oxygen atoms in total. The van der Waals surface area contributed by atoms with Crippen LogP contribution in [0.2, 0.25) is 0 Å². The van der Waals surface area contributed by atoms with E-state index in [2.05, 4.69) is 10.3 Å². The van der Waals surface area contributed by atoms with Gasteiger partial charge in [0.25, 0.3) is 0 Å². The van der Waals surface area contributed by atoms with Crippen LogP contribution in [0.4, 0.5) is 0 Å². The van der Waals surface area contributed by atoms with Crippen molar-refractivity contribution in [1.29, 1.82) is 0 Å². The molecule has 1 heterocycles. The van der Waals surface area contributed by atoms with Crippen LogP contribution < -0.4 is 5.73 Å². The van der Waals surface area contributed by atoms with Crippen molar-refractivity contribution in [3.05, 3.63) is 11.4 Å². The summed E-state index contributed by atoms with van der Waals surface area (Å²) in [6.07, 6.45) is 0.479. The standard InChI is InChI=1S/C8H14N4O2/c1-5(2)12-6(3-4-9)7(8(13)14)10-11-12/h5H,3-4,9H2,1-2H3,(H,13,14). The van der Waals surface area contributed by atoms with E-state index in [0.29, 0.717) is 18.7 Å². The summed E-state index contributed by atoms with van der Waals surface area (Å²) in [6.45, 7) is 4.22. The van der Waals surface area contributed by atoms with E-state index in [1.165, 1.54) is 0 Å². The first-order chi connectivity index (χ1) is 6.57. The lowest BCUT2D eigenvalue weighted by Crippen LogP contribution is -2.14. The fourth-order valence-electron chi connectivity index (χ4n) is 1.26. The van der Waals surface area contributed by atoms with Crippen LogP contribution in [0.15, 0.2) is 0 Å². The molecule has 0 spiro atoms. The van der Waals surface area contributed by atoms with Gasteiger partial charge in [0.2, 0.25) is 0 Å². The van der Waals surface area contributed by atoms with Crippen LogP contribution in [0.5, 0.6) is 0 Å². The number of hydrogen-bond acceptors (Lipinski definition) is 4. The van der Waals surface area contributed by atoms with Crippen LogP contribution in [0.3, 0.4) is 0 Å². The summed E-state index contributed by atoms with van der Waals surface area (Å²) in [4.78, 5) is 10.8. The van der Waals surface area contributed by atoms with Gasteiger partial charge < -0.3 is 10.8 Å². The van der Waals surface area contributed by atoms with Crippen molar-refractivity contribution in [3.8, 4) is 0 Å². The Kier molecular flexibility index (Phi) is 3.19. The summed E-state index contributed by atoms with van der Waals surface area (Å²) in [5, 5.41) is 16.2. The quantitative estimate of drug-likeness (QED) is 0.713. The molecule has 0 aliphatic carbocycles. The molecule has 0 saturated carbocycles. The molecule has 0 fully saturated rings. The number of hydrogen-bond donors (Lipinski definition) is 2. The van der Waals surface area contributed by atoms with Gasteiger partial charge in [0.05, 0.1) is 5.69 Å². The zero-order valence-corrected chi connectivity index (χ0v) is 8.27. The van der Waals surface area contributed by atoms with Gasteiger partial charge in [0.1, 0.15) is 0 Å². The van der Waals surface area contributed by atoms with Gasteiger partial charge in [-0.3, -0.25) is 0 Å². The maximum atomic E-state index is 10.8. The number of nitrogens with zero attached hydrogens (tertiary/aromatic N) is 3. The normalized spacial score (nSPS) is 10.9. The van der Waals surface area contributed by atoms with Gasteiger partial charge in [-0.05, 0) is 20.4 Å². The maximum absolute atomic E-state index is 10.8. The van der Waals surface area contributed by atoms with Crippen LogP contribution >= 0.6 is 0 Å². The Labute approximate surface area is 81.7 Å². The number of rotatable bonds is 4. The van der Waals surface area contributed by atoms with Gasteiger partial charge in [0.15, 0.2) is 5.69 Å². The van der Waals surface area contributed by atoms with Gasteiger partial charge in [-0.25, -0.2) is 9.48 Å². The van der Waals surface area contributed by atoms with Crippen molar-refractivity contribution in [2.75, 3.05) is 6.54 Å². The molecule has 0 bridgehead atoms. The summed E-state index contributed by atoms with van der Waals surface area (Å²) >= 11 is 0. The van der Waals surface area contributed by atoms with Crippen molar-refractivity contribution in [2.45, 2.75) is 26.3 Å². The van der Waals surface area contributed by atoms with E-state index >= 15 is 0 Å². The van der Waals surface area contributed by atoms with Crippen LogP contribution in [0.1, 0.15) is 36.1 Å². The Morgan fingerprint density at radius 3 is 2.71 bits per heavy atom. The molecule has 0 unspecified atom stereocenters. The van der Waals surface area contributed by atoms with Gasteiger partial charge in [-0.2, -0.15) is 0 Å². The highest BCUT2D eigenvalue weighted by Gasteiger charge is 2.19. The van der Waals surface area contributed by atoms with E-state index in [1.807, 2.05) is 13.8 Å². The highest BCUT2D eigenvalue weighted by Crippen LogP contribution is 2.11. The van der Waals surface area contributed by atoms with E-state index in [0.717, 1.165) is 0 Å². The van der Waals surface area contributed by atoms with Crippen molar-refractivity contribution >= 4 is 5.97 Å². The summed E-state index contributed by atoms with van der Waals surface area (Å²) in [5.74, 6) is -1.06. The molecule has 1 rings (SSSR count). The third kappa shape index (κ3) is 1.90. The second-order valence-electron chi connectivity index (χ2n) is 3.27. The summed E-state index contributed by atoms with van der Waals surface area (Å²) in [6, 6.07) is 0.0946. The first kappa shape index (κ1) is 10.6. The summed E-state index contributed by atoms with van der Waals surface area (Å²) in [5.41, 5.74) is 5.99. The number of aromatic carboxylic acids is 1. The van der Waals surface area contributed by atoms with E-state index in [4.69, 9.17) is 10.8 Å². The maximum Gasteiger partial charge on any atom is 0.358 e. The van der Waals surface area contributed by atoms with Crippen molar-refractivity contribution in [1.82, 2.24) is 15.0 Å². The van der Waals surface area contributed by atoms with Crippen molar-refractivity contribution in [2.24, 2.45) is 5.73 Å². The largest absolute Gasteiger partial charge is 0.476 e. The number of nitrogens with two attached hydrogens (primary N) is 1. The molecule has 14 heavy (non-hydrogen) atoms. The molecule has 1 aromatic heterocycles. The van der Waals surface area contributed by atoms with Gasteiger partial charge >= 0.3 is 5.97 Å². The van der Waals surface area contributed by atoms with E-state index in [9.17, 15) is 4.79 Å². The van der Waals surface area contributed by atoms with Gasteiger partial charge in [-0.15, -0.1) is 5.10 Å². The van der Waals surface area contributed by atoms with E-state index < -0.39 is 5.97 Å². The van der Waals surface area contributed by atoms with E-state index in [-0.39, 0.29) is 11.7 Å². The number of carboxylic acids is 1. The molecule has 0 aliphatic rings. The first-order valence-electron chi connectivity index (χ1n) is 4.45. The van der Waals surface area contributed by atoms with Crippen LogP contribution in [0.25, 0.3) is 0 Å². The number of carboxylic acid groups (broad SMARTS) is 1. The molecular formula is C8H14N4O2. The molecule has 0 atom stereocenters. The minimum absolute atomic E-state index is 0.00384. The fraction of sp³-hybridized carbons (Fsp3) is 0.625. The van der Waals surface area contributed by atoms with E-state index in [1.54, 1.807) is 4.68 Å². The zero-order chi connectivity index (χ0) is 10.7. The molecule has 1 aromatic rings. The predicted molar refractivity (Wildman–Crippen MR) is 50.1 cm³/mol. The molecule has 0 amide bonds. The number of carbonyl (C=O) groups is 1. The highest BCUT2D eigenvalue weighted by atomic mass is 16.4. The lowest BCUT2D eigenvalue weighted by molar-refractivity contribution is 0.0689. The molecular weight excluding hydrogens is 184 g/mol. The molecule has 6 heteroatoms. The lowest BCUT2D eigenvalue weighted by Gasteiger charge is -2.08. The Morgan fingerprint density at radius 2 is 2.29 bits per heavy atom. The van der Waals surface area contributed by atoms with Gasteiger partial charge in [0, 0.05) is 12.5 Å². The first-order valence-corrected chi connectivity index (χ1v) is 4.45. The Hall–Kier alpha value is -1.43. The van der Waals surface area contributed by atoms with Crippen LogP contribution in [0, 0.1) is 0 Å². The summed E-state index contributed by atoms with van der Waals surface area (Å²) < 4.78 is 1.59. The molecule has 78 valence electrons. The minimum atomic E-state index is -1.06. The average molecular weight is 198 g/mol. The molecule has 0 radical (unpaired) electrons. The second-order valence-corrected chi connectivity index (χ2v) is 3.27. The SMILES string of the molecule is CC(C)n1nnc(C(=O)O)c1CCN. The van der Waals surface area contributed by atoms with Crippen molar-refractivity contribution in [3.63, 3.8) is 0 Å². The smallest absolute Gasteiger partial charge is 0.358 e. The van der Waals surface area contributed by atoms with Crippen LogP contribution in [-0.2, 0) is 6.42 Å². The molecule has 3 N–H and O–H groups in total. The van der Waals surface area contributed by atoms with Gasteiger partial charge in [-0.1, -0.05) is 5.21 Å². The second kappa shape index (κ2) is 4.19. The van der Waals surface area contributed by atoms with Crippen molar-refractivity contribution < 1.29 is 9.90 Å². The lowest BCUT2D eigenvalue weighted by atomic mass is 10.2. The Balaban J connectivity index is 3.13. The number of aromatic nitrogens is 3. The predicted octanol–water partition coefficient (Wildman–Crippen LogP) is 0.0584. The monoisotopic (exact) mass is 198 g/mol. The highest BCUT2D eigenvalue weighted by molar-refractivity contribution is 5.86. The molecule has 0 saturated heterocycles. The molecule has 0 aromatic carbocycles. The Morgan fingerprint density at radius 1 is 1.64 bits per heavy atom. The summed E-state index contributed by atoms with van der Waals surface area (Å²) in [7, 11) is 0. The third-order valence-electron chi connectivity index (χ3n) is 1.86. The average Bonchev–Trinajstić information content (AvgIpc) is 2.48. The minimum Gasteiger partial charge on any atom is -0.476 e. The zero-order valence-electron chi connectivity index (χ0n) is 8.27. The molecule has 0 aliphatic heterocycles. The Bertz CT molecular complexity index is 332. The van der Waals surface area contributed by atoms with Crippen LogP contribution in [-0.4, -0.2) is 32.6 Å². The third-order valence-corrected chi connectivity index (χ3v) is 1.86.